The van der Waals surface area contributed by atoms with E-state index < -0.39 is 18.0 Å². The lowest BCUT2D eigenvalue weighted by Crippen LogP contribution is -2.31. The molecule has 2 aromatic carbocycles. The van der Waals surface area contributed by atoms with Gasteiger partial charge in [-0.05, 0) is 44.5 Å². The molecule has 0 saturated heterocycles. The summed E-state index contributed by atoms with van der Waals surface area (Å²) in [7, 11) is 1.74. The number of nitrogens with zero attached hydrogens (tertiary/aromatic N) is 2. The highest BCUT2D eigenvalue weighted by molar-refractivity contribution is 5.97. The van der Waals surface area contributed by atoms with Crippen molar-refractivity contribution in [3.8, 4) is 5.69 Å². The van der Waals surface area contributed by atoms with E-state index in [0.717, 1.165) is 11.1 Å². The number of anilines is 1. The summed E-state index contributed by atoms with van der Waals surface area (Å²) in [5, 5.41) is 2.60. The summed E-state index contributed by atoms with van der Waals surface area (Å²) < 4.78 is 8.31. The van der Waals surface area contributed by atoms with Gasteiger partial charge < -0.3 is 10.1 Å². The Bertz CT molecular complexity index is 1190. The van der Waals surface area contributed by atoms with Gasteiger partial charge >= 0.3 is 5.97 Å². The lowest BCUT2D eigenvalue weighted by molar-refractivity contribution is -0.148. The Kier molecular flexibility index (Phi) is 6.55. The van der Waals surface area contributed by atoms with Crippen molar-refractivity contribution < 1.29 is 14.3 Å². The molecule has 1 atom stereocenters. The van der Waals surface area contributed by atoms with E-state index in [4.69, 9.17) is 4.74 Å². The normalized spacial score (nSPS) is 12.0. The molecule has 1 N–H and O–H groups in total. The van der Waals surface area contributed by atoms with E-state index in [1.165, 1.54) is 17.7 Å². The van der Waals surface area contributed by atoms with Gasteiger partial charge in [0, 0.05) is 13.1 Å². The minimum absolute atomic E-state index is 0.148. The Labute approximate surface area is 180 Å². The van der Waals surface area contributed by atoms with Crippen molar-refractivity contribution >= 4 is 23.6 Å². The molecule has 3 rings (SSSR count). The highest BCUT2D eigenvalue weighted by atomic mass is 16.5. The van der Waals surface area contributed by atoms with Crippen molar-refractivity contribution in [2.24, 2.45) is 7.05 Å². The molecule has 0 aliphatic carbocycles. The maximum Gasteiger partial charge on any atom is 0.331 e. The number of nitrogens with one attached hydrogen (secondary N) is 1. The predicted octanol–water partition coefficient (Wildman–Crippen LogP) is 3.38. The summed E-state index contributed by atoms with van der Waals surface area (Å²) in [6, 6.07) is 16.8. The van der Waals surface area contributed by atoms with Gasteiger partial charge in [-0.3, -0.25) is 14.3 Å². The Morgan fingerprint density at radius 3 is 2.45 bits per heavy atom. The van der Waals surface area contributed by atoms with Crippen LogP contribution in [0.15, 0.2) is 65.5 Å². The standard InChI is InChI=1S/C24H25N3O4/c1-16-9-8-10-19(15-16)13-14-21(28)31-18(3)23(29)25-22-17(2)26(4)27(24(22)30)20-11-6-5-7-12-20/h5-15,18H,1-4H3,(H,25,29)/b14-13+/t18-/m1/s1. The van der Waals surface area contributed by atoms with Crippen LogP contribution in [0.3, 0.4) is 0 Å². The van der Waals surface area contributed by atoms with Crippen LogP contribution in [0.5, 0.6) is 0 Å². The van der Waals surface area contributed by atoms with Crippen LogP contribution in [0, 0.1) is 13.8 Å². The molecule has 160 valence electrons. The number of hydrogen-bond acceptors (Lipinski definition) is 4. The number of ether oxygens (including phenoxy) is 1. The van der Waals surface area contributed by atoms with E-state index in [1.54, 1.807) is 36.9 Å². The van der Waals surface area contributed by atoms with Crippen molar-refractivity contribution in [1.29, 1.82) is 0 Å². The number of hydrogen-bond donors (Lipinski definition) is 1. The molecule has 0 fully saturated rings. The summed E-state index contributed by atoms with van der Waals surface area (Å²) in [6.07, 6.45) is 1.83. The lowest BCUT2D eigenvalue weighted by atomic mass is 10.1. The zero-order valence-corrected chi connectivity index (χ0v) is 18.0. The minimum atomic E-state index is -1.07. The van der Waals surface area contributed by atoms with E-state index in [2.05, 4.69) is 5.32 Å². The number of aryl methyl sites for hydroxylation is 1. The van der Waals surface area contributed by atoms with Crippen LogP contribution in [-0.2, 0) is 21.4 Å². The lowest BCUT2D eigenvalue weighted by Gasteiger charge is -2.11. The molecule has 0 aliphatic heterocycles. The molecule has 1 amide bonds. The molecule has 3 aromatic rings. The molecule has 1 aromatic heterocycles. The van der Waals surface area contributed by atoms with Gasteiger partial charge in [0.25, 0.3) is 11.5 Å². The number of benzene rings is 2. The quantitative estimate of drug-likeness (QED) is 0.491. The molecule has 0 radical (unpaired) electrons. The van der Waals surface area contributed by atoms with Crippen LogP contribution in [0.25, 0.3) is 11.8 Å². The topological polar surface area (TPSA) is 82.3 Å². The van der Waals surface area contributed by atoms with Gasteiger partial charge in [-0.2, -0.15) is 0 Å². The number of esters is 1. The first-order valence-electron chi connectivity index (χ1n) is 9.88. The fourth-order valence-electron chi connectivity index (χ4n) is 3.14. The molecular weight excluding hydrogens is 394 g/mol. The van der Waals surface area contributed by atoms with Gasteiger partial charge in [0.05, 0.1) is 11.4 Å². The highest BCUT2D eigenvalue weighted by Gasteiger charge is 2.22. The second kappa shape index (κ2) is 9.30. The van der Waals surface area contributed by atoms with E-state index in [0.29, 0.717) is 11.4 Å². The summed E-state index contributed by atoms with van der Waals surface area (Å²) in [6.45, 7) is 5.15. The summed E-state index contributed by atoms with van der Waals surface area (Å²) in [5.41, 5.74) is 2.98. The third kappa shape index (κ3) is 5.01. The van der Waals surface area contributed by atoms with Crippen LogP contribution < -0.4 is 10.9 Å². The van der Waals surface area contributed by atoms with Crippen LogP contribution >= 0.6 is 0 Å². The summed E-state index contributed by atoms with van der Waals surface area (Å²) in [5.74, 6) is -1.22. The molecule has 0 spiro atoms. The Balaban J connectivity index is 1.70. The van der Waals surface area contributed by atoms with Crippen LogP contribution in [0.2, 0.25) is 0 Å². The summed E-state index contributed by atoms with van der Waals surface area (Å²) >= 11 is 0. The molecule has 0 unspecified atom stereocenters. The minimum Gasteiger partial charge on any atom is -0.449 e. The molecular formula is C24H25N3O4. The first-order chi connectivity index (χ1) is 14.8. The van der Waals surface area contributed by atoms with Crippen LogP contribution in [0.1, 0.15) is 23.7 Å². The highest BCUT2D eigenvalue weighted by Crippen LogP contribution is 2.14. The zero-order chi connectivity index (χ0) is 22.5. The van der Waals surface area contributed by atoms with Crippen molar-refractivity contribution in [2.45, 2.75) is 26.9 Å². The molecule has 0 bridgehead atoms. The third-order valence-corrected chi connectivity index (χ3v) is 4.92. The molecule has 0 aliphatic rings. The molecule has 0 saturated carbocycles. The van der Waals surface area contributed by atoms with Crippen molar-refractivity contribution in [1.82, 2.24) is 9.36 Å². The van der Waals surface area contributed by atoms with Crippen molar-refractivity contribution in [2.75, 3.05) is 5.32 Å². The maximum atomic E-state index is 12.9. The predicted molar refractivity (Wildman–Crippen MR) is 120 cm³/mol. The Morgan fingerprint density at radius 2 is 1.77 bits per heavy atom. The van der Waals surface area contributed by atoms with Gasteiger partial charge in [-0.25, -0.2) is 9.48 Å². The Morgan fingerprint density at radius 1 is 1.06 bits per heavy atom. The summed E-state index contributed by atoms with van der Waals surface area (Å²) in [4.78, 5) is 37.5. The maximum absolute atomic E-state index is 12.9. The average Bonchev–Trinajstić information content (AvgIpc) is 2.96. The second-order valence-electron chi connectivity index (χ2n) is 7.25. The van der Waals surface area contributed by atoms with Crippen molar-refractivity contribution in [3.63, 3.8) is 0 Å². The fourth-order valence-corrected chi connectivity index (χ4v) is 3.14. The molecule has 7 nitrogen and oxygen atoms in total. The number of rotatable bonds is 6. The largest absolute Gasteiger partial charge is 0.449 e. The van der Waals surface area contributed by atoms with Crippen LogP contribution in [-0.4, -0.2) is 27.3 Å². The number of carbonyl (C=O) groups is 2. The number of aromatic nitrogens is 2. The third-order valence-electron chi connectivity index (χ3n) is 4.92. The molecule has 31 heavy (non-hydrogen) atoms. The van der Waals surface area contributed by atoms with Gasteiger partial charge in [0.2, 0.25) is 0 Å². The number of para-hydroxylation sites is 1. The number of carbonyl (C=O) groups excluding carboxylic acids is 2. The Hall–Kier alpha value is -3.87. The molecule has 7 heteroatoms. The molecule has 1 heterocycles. The first-order valence-corrected chi connectivity index (χ1v) is 9.88. The smallest absolute Gasteiger partial charge is 0.331 e. The number of amides is 1. The van der Waals surface area contributed by atoms with Crippen LogP contribution in [0.4, 0.5) is 5.69 Å². The fraction of sp³-hybridized carbons (Fsp3) is 0.208. The van der Waals surface area contributed by atoms with E-state index in [-0.39, 0.29) is 11.2 Å². The van der Waals surface area contributed by atoms with E-state index >= 15 is 0 Å². The van der Waals surface area contributed by atoms with E-state index in [1.807, 2.05) is 49.4 Å². The van der Waals surface area contributed by atoms with Gasteiger partial charge in [0.1, 0.15) is 5.69 Å². The SMILES string of the molecule is Cc1cccc(/C=C/C(=O)O[C@H](C)C(=O)Nc2c(C)n(C)n(-c3ccccc3)c2=O)c1. The van der Waals surface area contributed by atoms with Gasteiger partial charge in [0.15, 0.2) is 6.10 Å². The van der Waals surface area contributed by atoms with E-state index in [9.17, 15) is 14.4 Å². The first kappa shape index (κ1) is 21.8. The zero-order valence-electron chi connectivity index (χ0n) is 18.0. The van der Waals surface area contributed by atoms with Gasteiger partial charge in [-0.1, -0.05) is 48.0 Å². The van der Waals surface area contributed by atoms with Gasteiger partial charge in [-0.15, -0.1) is 0 Å². The second-order valence-corrected chi connectivity index (χ2v) is 7.25. The van der Waals surface area contributed by atoms with Crippen molar-refractivity contribution in [3.05, 3.63) is 87.8 Å². The monoisotopic (exact) mass is 419 g/mol. The average molecular weight is 419 g/mol.